The van der Waals surface area contributed by atoms with E-state index in [1.807, 2.05) is 26.0 Å². The molecule has 0 bridgehead atoms. The molecule has 0 aliphatic heterocycles. The topological polar surface area (TPSA) is 84.5 Å². The van der Waals surface area contributed by atoms with Crippen molar-refractivity contribution in [1.29, 1.82) is 0 Å². The monoisotopic (exact) mass is 348 g/mol. The third-order valence-electron chi connectivity index (χ3n) is 3.32. The summed E-state index contributed by atoms with van der Waals surface area (Å²) in [6.45, 7) is 5.70. The van der Waals surface area contributed by atoms with Crippen LogP contribution in [-0.4, -0.2) is 21.1 Å². The van der Waals surface area contributed by atoms with E-state index >= 15 is 0 Å². The summed E-state index contributed by atoms with van der Waals surface area (Å²) in [6, 6.07) is 11.4. The van der Waals surface area contributed by atoms with Crippen LogP contribution >= 0.6 is 0 Å². The van der Waals surface area contributed by atoms with E-state index in [0.717, 1.165) is 11.1 Å². The van der Waals surface area contributed by atoms with Crippen LogP contribution in [0, 0.1) is 13.8 Å². The minimum absolute atomic E-state index is 0.109. The van der Waals surface area contributed by atoms with Gasteiger partial charge in [-0.15, -0.1) is 0 Å². The zero-order valence-corrected chi connectivity index (χ0v) is 14.6. The van der Waals surface area contributed by atoms with Crippen molar-refractivity contribution < 1.29 is 17.9 Å². The molecule has 7 heteroatoms. The van der Waals surface area contributed by atoms with Gasteiger partial charge in [0, 0.05) is 5.69 Å². The van der Waals surface area contributed by atoms with Gasteiger partial charge in [0.05, 0.1) is 17.2 Å². The lowest BCUT2D eigenvalue weighted by Crippen LogP contribution is -2.15. The molecular formula is C17H20N2O4S. The highest BCUT2D eigenvalue weighted by molar-refractivity contribution is 7.92. The molecule has 0 radical (unpaired) electrons. The molecule has 1 amide bonds. The van der Waals surface area contributed by atoms with Gasteiger partial charge in [-0.3, -0.25) is 10.0 Å². The normalized spacial score (nSPS) is 11.0. The maximum Gasteiger partial charge on any atom is 0.411 e. The molecule has 0 heterocycles. The molecule has 0 aliphatic rings. The second kappa shape index (κ2) is 7.35. The lowest BCUT2D eigenvalue weighted by atomic mass is 10.1. The molecule has 0 unspecified atom stereocenters. The molecule has 2 aromatic carbocycles. The third-order valence-corrected chi connectivity index (χ3v) is 4.71. The third kappa shape index (κ3) is 4.48. The average Bonchev–Trinajstić information content (AvgIpc) is 2.51. The molecule has 0 atom stereocenters. The number of rotatable bonds is 5. The number of hydrogen-bond acceptors (Lipinski definition) is 4. The van der Waals surface area contributed by atoms with Gasteiger partial charge in [-0.05, 0) is 62.2 Å². The van der Waals surface area contributed by atoms with Gasteiger partial charge in [-0.25, -0.2) is 13.2 Å². The molecule has 0 saturated carbocycles. The summed E-state index contributed by atoms with van der Waals surface area (Å²) >= 11 is 0. The molecule has 0 aliphatic carbocycles. The minimum Gasteiger partial charge on any atom is -0.450 e. The van der Waals surface area contributed by atoms with Crippen LogP contribution in [0.1, 0.15) is 18.1 Å². The first-order chi connectivity index (χ1) is 11.3. The minimum atomic E-state index is -3.70. The quantitative estimate of drug-likeness (QED) is 0.863. The Morgan fingerprint density at radius 1 is 1.08 bits per heavy atom. The van der Waals surface area contributed by atoms with E-state index in [0.29, 0.717) is 11.4 Å². The van der Waals surface area contributed by atoms with E-state index in [4.69, 9.17) is 4.74 Å². The standard InChI is InChI=1S/C17H20N2O4S/c1-4-23-17(20)18-14-7-9-15(10-8-14)24(21,22)19-16-11-12(2)5-6-13(16)3/h5-11,19H,4H2,1-3H3,(H,18,20). The number of aryl methyl sites for hydroxylation is 2. The molecule has 2 N–H and O–H groups in total. The van der Waals surface area contributed by atoms with Crippen molar-refractivity contribution in [3.8, 4) is 0 Å². The number of sulfonamides is 1. The number of hydrogen-bond donors (Lipinski definition) is 2. The number of amides is 1. The molecule has 0 spiro atoms. The fourth-order valence-corrected chi connectivity index (χ4v) is 3.17. The maximum absolute atomic E-state index is 12.5. The van der Waals surface area contributed by atoms with Gasteiger partial charge in [-0.2, -0.15) is 0 Å². The number of carbonyl (C=O) groups is 1. The van der Waals surface area contributed by atoms with Crippen molar-refractivity contribution in [2.24, 2.45) is 0 Å². The van der Waals surface area contributed by atoms with Gasteiger partial charge >= 0.3 is 6.09 Å². The van der Waals surface area contributed by atoms with Crippen LogP contribution < -0.4 is 10.0 Å². The Bertz CT molecular complexity index is 830. The molecular weight excluding hydrogens is 328 g/mol. The van der Waals surface area contributed by atoms with E-state index in [2.05, 4.69) is 10.0 Å². The van der Waals surface area contributed by atoms with Crippen LogP contribution in [0.15, 0.2) is 47.4 Å². The van der Waals surface area contributed by atoms with Gasteiger partial charge in [0.2, 0.25) is 0 Å². The van der Waals surface area contributed by atoms with Crippen molar-refractivity contribution >= 4 is 27.5 Å². The summed E-state index contributed by atoms with van der Waals surface area (Å²) in [4.78, 5) is 11.5. The lowest BCUT2D eigenvalue weighted by Gasteiger charge is -2.12. The summed E-state index contributed by atoms with van der Waals surface area (Å²) < 4.78 is 32.3. The average molecular weight is 348 g/mol. The van der Waals surface area contributed by atoms with Crippen LogP contribution in [0.2, 0.25) is 0 Å². The van der Waals surface area contributed by atoms with Gasteiger partial charge in [-0.1, -0.05) is 12.1 Å². The van der Waals surface area contributed by atoms with Crippen LogP contribution in [0.5, 0.6) is 0 Å². The first-order valence-corrected chi connectivity index (χ1v) is 8.94. The van der Waals surface area contributed by atoms with Gasteiger partial charge in [0.1, 0.15) is 0 Å². The Labute approximate surface area is 141 Å². The second-order valence-electron chi connectivity index (χ2n) is 5.29. The Hall–Kier alpha value is -2.54. The first kappa shape index (κ1) is 17.8. The highest BCUT2D eigenvalue weighted by Gasteiger charge is 2.15. The second-order valence-corrected chi connectivity index (χ2v) is 6.98. The highest BCUT2D eigenvalue weighted by Crippen LogP contribution is 2.22. The molecule has 0 saturated heterocycles. The Morgan fingerprint density at radius 3 is 2.38 bits per heavy atom. The Kier molecular flexibility index (Phi) is 5.46. The van der Waals surface area contributed by atoms with Gasteiger partial charge < -0.3 is 4.74 Å². The molecule has 128 valence electrons. The van der Waals surface area contributed by atoms with Crippen molar-refractivity contribution in [1.82, 2.24) is 0 Å². The summed E-state index contributed by atoms with van der Waals surface area (Å²) in [5, 5.41) is 2.51. The van der Waals surface area contributed by atoms with Crippen molar-refractivity contribution in [2.75, 3.05) is 16.6 Å². The summed E-state index contributed by atoms with van der Waals surface area (Å²) in [6.07, 6.45) is -0.582. The van der Waals surface area contributed by atoms with E-state index in [9.17, 15) is 13.2 Å². The molecule has 0 aromatic heterocycles. The Balaban J connectivity index is 2.17. The van der Waals surface area contributed by atoms with Crippen LogP contribution in [0.3, 0.4) is 0 Å². The fraction of sp³-hybridized carbons (Fsp3) is 0.235. The summed E-state index contributed by atoms with van der Waals surface area (Å²) in [5.41, 5.74) is 2.81. The molecule has 24 heavy (non-hydrogen) atoms. The van der Waals surface area contributed by atoms with Crippen LogP contribution in [0.4, 0.5) is 16.2 Å². The highest BCUT2D eigenvalue weighted by atomic mass is 32.2. The first-order valence-electron chi connectivity index (χ1n) is 7.46. The van der Waals surface area contributed by atoms with Crippen molar-refractivity contribution in [2.45, 2.75) is 25.7 Å². The van der Waals surface area contributed by atoms with Gasteiger partial charge in [0.25, 0.3) is 10.0 Å². The predicted octanol–water partition coefficient (Wildman–Crippen LogP) is 3.67. The van der Waals surface area contributed by atoms with E-state index in [1.54, 1.807) is 13.0 Å². The van der Waals surface area contributed by atoms with E-state index < -0.39 is 16.1 Å². The molecule has 2 rings (SSSR count). The summed E-state index contributed by atoms with van der Waals surface area (Å²) in [5.74, 6) is 0. The zero-order valence-electron chi connectivity index (χ0n) is 13.8. The molecule has 6 nitrogen and oxygen atoms in total. The fourth-order valence-electron chi connectivity index (χ4n) is 2.05. The van der Waals surface area contributed by atoms with Crippen molar-refractivity contribution in [3.63, 3.8) is 0 Å². The summed E-state index contributed by atoms with van der Waals surface area (Å²) in [7, 11) is -3.70. The smallest absolute Gasteiger partial charge is 0.411 e. The predicted molar refractivity (Wildman–Crippen MR) is 93.8 cm³/mol. The Morgan fingerprint density at radius 2 is 1.75 bits per heavy atom. The maximum atomic E-state index is 12.5. The molecule has 0 fully saturated rings. The van der Waals surface area contributed by atoms with Crippen LogP contribution in [0.25, 0.3) is 0 Å². The SMILES string of the molecule is CCOC(=O)Nc1ccc(S(=O)(=O)Nc2cc(C)ccc2C)cc1. The lowest BCUT2D eigenvalue weighted by molar-refractivity contribution is 0.168. The van der Waals surface area contributed by atoms with Crippen LogP contribution in [-0.2, 0) is 14.8 Å². The largest absolute Gasteiger partial charge is 0.450 e. The number of nitrogens with one attached hydrogen (secondary N) is 2. The number of benzene rings is 2. The van der Waals surface area contributed by atoms with E-state index in [1.165, 1.54) is 24.3 Å². The number of ether oxygens (including phenoxy) is 1. The number of anilines is 2. The van der Waals surface area contributed by atoms with Crippen molar-refractivity contribution in [3.05, 3.63) is 53.6 Å². The van der Waals surface area contributed by atoms with Gasteiger partial charge in [0.15, 0.2) is 0 Å². The zero-order chi connectivity index (χ0) is 17.7. The van der Waals surface area contributed by atoms with E-state index in [-0.39, 0.29) is 11.5 Å². The molecule has 2 aromatic rings. The number of carbonyl (C=O) groups excluding carboxylic acids is 1.